The number of hydrogen-bond donors (Lipinski definition) is 4. The summed E-state index contributed by atoms with van der Waals surface area (Å²) in [4.78, 5) is 16.2. The molecule has 0 amide bonds. The lowest BCUT2D eigenvalue weighted by Gasteiger charge is -2.36. The Morgan fingerprint density at radius 2 is 1.03 bits per heavy atom. The van der Waals surface area contributed by atoms with Crippen LogP contribution in [0.25, 0.3) is 0 Å². The van der Waals surface area contributed by atoms with Crippen molar-refractivity contribution in [2.45, 2.75) is 225 Å². The maximum Gasteiger partial charge on any atom is 0.323 e. The van der Waals surface area contributed by atoms with E-state index in [1.165, 1.54) is 167 Å². The Morgan fingerprint density at radius 3 is 1.47 bits per heavy atom. The third-order valence-electron chi connectivity index (χ3n) is 11.5. The lowest BCUT2D eigenvalue weighted by molar-refractivity contribution is -0.894. The number of unbranched alkanes of at least 4 members (excludes halogenated alkanes) is 24. The number of rotatable bonds is 45. The molecule has 9 heteroatoms. The number of nitrogens with two attached hydrogens (primary N) is 3. The van der Waals surface area contributed by atoms with Crippen molar-refractivity contribution in [3.05, 3.63) is 24.3 Å². The van der Waals surface area contributed by atoms with Crippen LogP contribution in [0, 0.1) is 0 Å². The number of aliphatic imine (C=N–C) groups is 1. The fourth-order valence-corrected chi connectivity index (χ4v) is 7.51. The molecule has 0 saturated heterocycles. The van der Waals surface area contributed by atoms with E-state index in [1.807, 2.05) is 0 Å². The van der Waals surface area contributed by atoms with Gasteiger partial charge >= 0.3 is 5.97 Å². The fraction of sp³-hybridized carbons (Fsp3) is 0.878. The van der Waals surface area contributed by atoms with Gasteiger partial charge in [-0.3, -0.25) is 9.79 Å². The van der Waals surface area contributed by atoms with E-state index in [9.17, 15) is 9.90 Å². The van der Waals surface area contributed by atoms with Gasteiger partial charge in [-0.15, -0.1) is 0 Å². The van der Waals surface area contributed by atoms with Crippen molar-refractivity contribution < 1.29 is 23.9 Å². The summed E-state index contributed by atoms with van der Waals surface area (Å²) in [6.07, 6.45) is 46.9. The van der Waals surface area contributed by atoms with E-state index in [0.717, 1.165) is 32.6 Å². The van der Waals surface area contributed by atoms with Crippen molar-refractivity contribution in [2.75, 3.05) is 53.6 Å². The molecule has 0 aromatic heterocycles. The van der Waals surface area contributed by atoms with E-state index in [1.54, 1.807) is 0 Å². The molecular formula is C49H98N5O4+. The highest BCUT2D eigenvalue weighted by Gasteiger charge is 2.36. The Morgan fingerprint density at radius 1 is 0.621 bits per heavy atom. The van der Waals surface area contributed by atoms with Gasteiger partial charge in [0.05, 0.1) is 27.2 Å². The van der Waals surface area contributed by atoms with E-state index < -0.39 is 11.5 Å². The molecule has 0 aromatic rings. The fourth-order valence-electron chi connectivity index (χ4n) is 7.51. The van der Waals surface area contributed by atoms with Crippen molar-refractivity contribution in [3.63, 3.8) is 0 Å². The number of carboxylic acids is 1. The molecule has 7 N–H and O–H groups in total. The molecule has 0 saturated carbocycles. The normalized spacial score (nSPS) is 13.7. The Balaban J connectivity index is 4.55. The van der Waals surface area contributed by atoms with Crippen LogP contribution in [0.15, 0.2) is 29.3 Å². The monoisotopic (exact) mass is 821 g/mol. The number of aliphatic carboxylic acids is 1. The molecule has 0 heterocycles. The van der Waals surface area contributed by atoms with Gasteiger partial charge in [-0.25, -0.2) is 0 Å². The third-order valence-corrected chi connectivity index (χ3v) is 11.5. The molecule has 0 aromatic carbocycles. The SMILES string of the molecule is CCCCCCCC/C=C\CCCCCCCCOCC(C[N+](C)(C)CCC(N)(CCCN=C(N)N)C(=O)O)OCCCCCCCC/C=C\CCCCCCCC. The van der Waals surface area contributed by atoms with Gasteiger partial charge in [-0.05, 0) is 77.0 Å². The quantitative estimate of drug-likeness (QED) is 0.0157. The first kappa shape index (κ1) is 56.1. The van der Waals surface area contributed by atoms with Crippen LogP contribution < -0.4 is 17.2 Å². The Hall–Kier alpha value is -1.94. The molecule has 0 fully saturated rings. The van der Waals surface area contributed by atoms with Crippen molar-refractivity contribution in [2.24, 2.45) is 22.2 Å². The van der Waals surface area contributed by atoms with Crippen LogP contribution in [0.5, 0.6) is 0 Å². The zero-order valence-corrected chi connectivity index (χ0v) is 38.8. The second-order valence-electron chi connectivity index (χ2n) is 17.9. The smallest absolute Gasteiger partial charge is 0.323 e. The molecule has 2 atom stereocenters. The largest absolute Gasteiger partial charge is 0.480 e. The van der Waals surface area contributed by atoms with E-state index in [0.29, 0.717) is 43.4 Å². The molecule has 2 unspecified atom stereocenters. The van der Waals surface area contributed by atoms with Gasteiger partial charge < -0.3 is 36.3 Å². The number of carboxylic acid groups (broad SMARTS) is 1. The number of ether oxygens (including phenoxy) is 2. The number of likely N-dealkylation sites (N-methyl/N-ethyl adjacent to an activating group) is 1. The van der Waals surface area contributed by atoms with Crippen LogP contribution in [0.3, 0.4) is 0 Å². The number of allylic oxidation sites excluding steroid dienone is 4. The van der Waals surface area contributed by atoms with Gasteiger partial charge in [-0.1, -0.05) is 154 Å². The van der Waals surface area contributed by atoms with Crippen molar-refractivity contribution in [1.29, 1.82) is 0 Å². The van der Waals surface area contributed by atoms with E-state index in [4.69, 9.17) is 26.7 Å². The molecule has 0 aliphatic rings. The molecule has 342 valence electrons. The van der Waals surface area contributed by atoms with Gasteiger partial charge in [-0.2, -0.15) is 0 Å². The Labute approximate surface area is 359 Å². The molecule has 0 rings (SSSR count). The minimum Gasteiger partial charge on any atom is -0.480 e. The van der Waals surface area contributed by atoms with E-state index in [2.05, 4.69) is 57.2 Å². The average Bonchev–Trinajstić information content (AvgIpc) is 3.19. The number of nitrogens with zero attached hydrogens (tertiary/aromatic N) is 2. The zero-order chi connectivity index (χ0) is 42.8. The minimum atomic E-state index is -1.32. The molecule has 0 aliphatic heterocycles. The molecule has 9 nitrogen and oxygen atoms in total. The summed E-state index contributed by atoms with van der Waals surface area (Å²) in [5.74, 6) is -0.974. The topological polar surface area (TPSA) is 146 Å². The standard InChI is InChI=1S/C49H97N5O4/c1-5-7-9-11-13-15-17-19-21-23-25-27-29-31-33-35-42-57-45-46(44-54(3,4)41-39-49(52,47(55)56)38-37-40-53-48(50)51)58-43-36-34-32-30-28-26-24-22-20-18-16-14-12-10-8-6-2/h19-22,46H,5-18,23-45,52H2,1-4H3,(H4-,50,51,53,55,56)/p+1/b21-19-,22-20-. The highest BCUT2D eigenvalue weighted by atomic mass is 16.5. The first-order chi connectivity index (χ1) is 28.1. The number of hydrogen-bond acceptors (Lipinski definition) is 5. The Kier molecular flexibility index (Phi) is 39.1. The van der Waals surface area contributed by atoms with Crippen LogP contribution >= 0.6 is 0 Å². The van der Waals surface area contributed by atoms with Crippen LogP contribution in [0.2, 0.25) is 0 Å². The summed E-state index contributed by atoms with van der Waals surface area (Å²) in [7, 11) is 4.26. The average molecular weight is 821 g/mol. The van der Waals surface area contributed by atoms with Crippen molar-refractivity contribution in [3.8, 4) is 0 Å². The minimum absolute atomic E-state index is 0.00827. The van der Waals surface area contributed by atoms with Crippen LogP contribution in [-0.2, 0) is 14.3 Å². The van der Waals surface area contributed by atoms with Crippen LogP contribution in [0.4, 0.5) is 0 Å². The predicted octanol–water partition coefficient (Wildman–Crippen LogP) is 11.8. The van der Waals surface area contributed by atoms with Crippen molar-refractivity contribution in [1.82, 2.24) is 0 Å². The second-order valence-corrected chi connectivity index (χ2v) is 17.9. The summed E-state index contributed by atoms with van der Waals surface area (Å²) < 4.78 is 13.3. The zero-order valence-electron chi connectivity index (χ0n) is 38.8. The molecule has 58 heavy (non-hydrogen) atoms. The molecule has 0 radical (unpaired) electrons. The lowest BCUT2D eigenvalue weighted by atomic mass is 9.90. The molecular weight excluding hydrogens is 723 g/mol. The van der Waals surface area contributed by atoms with Gasteiger partial charge in [0.1, 0.15) is 18.2 Å². The van der Waals surface area contributed by atoms with Gasteiger partial charge in [0, 0.05) is 26.2 Å². The van der Waals surface area contributed by atoms with Crippen molar-refractivity contribution >= 4 is 11.9 Å². The highest BCUT2D eigenvalue weighted by molar-refractivity contribution is 5.78. The summed E-state index contributed by atoms with van der Waals surface area (Å²) in [5.41, 5.74) is 16.0. The maximum absolute atomic E-state index is 12.2. The summed E-state index contributed by atoms with van der Waals surface area (Å²) in [6.45, 7) is 8.32. The van der Waals surface area contributed by atoms with Gasteiger partial charge in [0.15, 0.2) is 5.96 Å². The summed E-state index contributed by atoms with van der Waals surface area (Å²) in [6, 6.07) is 0. The number of carbonyl (C=O) groups is 1. The van der Waals surface area contributed by atoms with E-state index in [-0.39, 0.29) is 12.1 Å². The molecule has 0 spiro atoms. The lowest BCUT2D eigenvalue weighted by Crippen LogP contribution is -2.54. The predicted molar refractivity (Wildman–Crippen MR) is 250 cm³/mol. The molecule has 0 bridgehead atoms. The van der Waals surface area contributed by atoms with Gasteiger partial charge in [0.25, 0.3) is 0 Å². The number of guanidine groups is 1. The van der Waals surface area contributed by atoms with E-state index >= 15 is 0 Å². The third kappa shape index (κ3) is 38.3. The first-order valence-electron chi connectivity index (χ1n) is 24.4. The maximum atomic E-state index is 12.2. The summed E-state index contributed by atoms with van der Waals surface area (Å²) >= 11 is 0. The first-order valence-corrected chi connectivity index (χ1v) is 24.4. The van der Waals surface area contributed by atoms with Crippen LogP contribution in [-0.4, -0.2) is 86.7 Å². The number of quaternary nitrogens is 1. The second kappa shape index (κ2) is 40.5. The summed E-state index contributed by atoms with van der Waals surface area (Å²) in [5, 5.41) is 9.99. The highest BCUT2D eigenvalue weighted by Crippen LogP contribution is 2.19. The molecule has 0 aliphatic carbocycles. The Bertz CT molecular complexity index is 1000. The van der Waals surface area contributed by atoms with Gasteiger partial charge in [0.2, 0.25) is 0 Å². The van der Waals surface area contributed by atoms with Crippen LogP contribution in [0.1, 0.15) is 213 Å².